The molecule has 0 nitrogen and oxygen atoms in total. The van der Waals surface area contributed by atoms with Gasteiger partial charge in [0.1, 0.15) is 0 Å². The first-order valence-electron chi connectivity index (χ1n) is 11.4. The van der Waals surface area contributed by atoms with Crippen LogP contribution in [0.5, 0.6) is 0 Å². The molecule has 0 heterocycles. The van der Waals surface area contributed by atoms with Crippen molar-refractivity contribution >= 4 is 48.1 Å². The van der Waals surface area contributed by atoms with Crippen LogP contribution in [0.1, 0.15) is 49.9 Å². The zero-order chi connectivity index (χ0) is 23.9. The van der Waals surface area contributed by atoms with Gasteiger partial charge in [-0.15, -0.1) is 69.1 Å². The summed E-state index contributed by atoms with van der Waals surface area (Å²) in [5, 5.41) is 5.69. The summed E-state index contributed by atoms with van der Waals surface area (Å²) in [6.07, 6.45) is 4.53. The number of halogens is 2. The molecule has 4 aromatic rings. The molecule has 0 bridgehead atoms. The second-order valence-corrected chi connectivity index (χ2v) is 12.3. The van der Waals surface area contributed by atoms with Crippen LogP contribution in [0.2, 0.25) is 13.1 Å². The first-order valence-corrected chi connectivity index (χ1v) is 19.7. The average Bonchev–Trinajstić information content (AvgIpc) is 3.43. The number of hydrogen-bond acceptors (Lipinski definition) is 0. The third-order valence-electron chi connectivity index (χ3n) is 5.38. The van der Waals surface area contributed by atoms with Gasteiger partial charge in [0.15, 0.2) is 0 Å². The van der Waals surface area contributed by atoms with Crippen molar-refractivity contribution in [2.45, 2.75) is 66.5 Å². The van der Waals surface area contributed by atoms with Crippen LogP contribution in [0.15, 0.2) is 60.7 Å². The minimum atomic E-state index is -0.826. The molecule has 4 heteroatoms. The van der Waals surface area contributed by atoms with E-state index < -0.39 is 20.8 Å². The molecular weight excluding hydrogens is 527 g/mol. The van der Waals surface area contributed by atoms with Gasteiger partial charge in [0.25, 0.3) is 0 Å². The quantitative estimate of drug-likeness (QED) is 0.172. The van der Waals surface area contributed by atoms with Gasteiger partial charge in [-0.1, -0.05) is 64.0 Å². The van der Waals surface area contributed by atoms with E-state index in [1.807, 2.05) is 0 Å². The van der Waals surface area contributed by atoms with Crippen LogP contribution in [0, 0.1) is 0 Å². The number of aryl methyl sites for hydroxylation is 4. The Morgan fingerprint density at radius 1 is 0.688 bits per heavy atom. The van der Waals surface area contributed by atoms with Gasteiger partial charge in [-0.25, -0.2) is 0 Å². The van der Waals surface area contributed by atoms with Crippen molar-refractivity contribution in [2.75, 3.05) is 0 Å². The summed E-state index contributed by atoms with van der Waals surface area (Å²) in [4.78, 5) is 0. The molecule has 0 atom stereocenters. The van der Waals surface area contributed by atoms with E-state index in [4.69, 9.17) is 17.0 Å². The SMILES string of the molecule is CCc1cc2c(CC)cccc2[cH-]1.CCc1cc2c(CC)cccc2[cH-]1.C[Si]C.[Cl][Zr+2][Cl]. The first-order chi connectivity index (χ1) is 15.5. The molecule has 32 heavy (non-hydrogen) atoms. The Morgan fingerprint density at radius 2 is 1.03 bits per heavy atom. The summed E-state index contributed by atoms with van der Waals surface area (Å²) in [5.41, 5.74) is 5.85. The van der Waals surface area contributed by atoms with Crippen molar-refractivity contribution in [3.63, 3.8) is 0 Å². The van der Waals surface area contributed by atoms with Crippen molar-refractivity contribution in [3.05, 3.63) is 82.9 Å². The Morgan fingerprint density at radius 3 is 1.31 bits per heavy atom. The van der Waals surface area contributed by atoms with Crippen LogP contribution < -0.4 is 0 Å². The van der Waals surface area contributed by atoms with Gasteiger partial charge >= 0.3 is 37.9 Å². The Bertz CT molecular complexity index is 948. The maximum absolute atomic E-state index is 4.93. The van der Waals surface area contributed by atoms with Crippen LogP contribution in [-0.4, -0.2) is 9.52 Å². The summed E-state index contributed by atoms with van der Waals surface area (Å²) >= 11 is -0.826. The van der Waals surface area contributed by atoms with E-state index in [2.05, 4.69) is 101 Å². The zero-order valence-corrected chi connectivity index (χ0v) is 25.3. The van der Waals surface area contributed by atoms with Crippen LogP contribution in [0.4, 0.5) is 0 Å². The van der Waals surface area contributed by atoms with Gasteiger partial charge in [-0.05, 0) is 25.7 Å². The van der Waals surface area contributed by atoms with E-state index in [0.717, 1.165) is 35.2 Å². The van der Waals surface area contributed by atoms with Crippen molar-refractivity contribution in [2.24, 2.45) is 0 Å². The molecule has 4 aromatic carbocycles. The Balaban J connectivity index is 0.000000258. The second-order valence-electron chi connectivity index (χ2n) is 7.55. The molecule has 0 unspecified atom stereocenters. The third-order valence-corrected chi connectivity index (χ3v) is 5.38. The monoisotopic (exact) mass is 560 g/mol. The summed E-state index contributed by atoms with van der Waals surface area (Å²) in [6.45, 7) is 13.2. The summed E-state index contributed by atoms with van der Waals surface area (Å²) in [5.74, 6) is 0. The van der Waals surface area contributed by atoms with Crippen LogP contribution >= 0.6 is 17.0 Å². The van der Waals surface area contributed by atoms with Gasteiger partial charge < -0.3 is 0 Å². The van der Waals surface area contributed by atoms with Gasteiger partial charge in [0.05, 0.1) is 0 Å². The Kier molecular flexibility index (Phi) is 15.5. The fraction of sp³-hybridized carbons (Fsp3) is 0.357. The molecule has 0 fully saturated rings. The average molecular weight is 563 g/mol. The fourth-order valence-electron chi connectivity index (χ4n) is 3.75. The normalized spacial score (nSPS) is 9.75. The third kappa shape index (κ3) is 8.94. The van der Waals surface area contributed by atoms with Crippen LogP contribution in [0.25, 0.3) is 21.5 Å². The predicted octanol–water partition coefficient (Wildman–Crippen LogP) is 9.53. The zero-order valence-electron chi connectivity index (χ0n) is 20.4. The molecule has 0 saturated heterocycles. The van der Waals surface area contributed by atoms with Gasteiger partial charge in [0.2, 0.25) is 0 Å². The summed E-state index contributed by atoms with van der Waals surface area (Å²) < 4.78 is 0. The van der Waals surface area contributed by atoms with E-state index in [-0.39, 0.29) is 0 Å². The van der Waals surface area contributed by atoms with Gasteiger partial charge in [0, 0.05) is 9.52 Å². The molecule has 0 saturated carbocycles. The van der Waals surface area contributed by atoms with E-state index in [1.54, 1.807) is 0 Å². The molecule has 0 aliphatic carbocycles. The molecule has 4 rings (SSSR count). The molecular formula is C28H36Cl2SiZr. The number of rotatable bonds is 4. The van der Waals surface area contributed by atoms with Crippen molar-refractivity contribution in [1.82, 2.24) is 0 Å². The molecule has 0 N–H and O–H groups in total. The van der Waals surface area contributed by atoms with Crippen molar-refractivity contribution in [3.8, 4) is 0 Å². The minimum absolute atomic E-state index is 0.826. The predicted molar refractivity (Wildman–Crippen MR) is 146 cm³/mol. The molecule has 0 aliphatic rings. The Labute approximate surface area is 216 Å². The molecule has 0 aromatic heterocycles. The second kappa shape index (κ2) is 16.9. The summed E-state index contributed by atoms with van der Waals surface area (Å²) in [6, 6.07) is 22.4. The van der Waals surface area contributed by atoms with E-state index in [9.17, 15) is 0 Å². The molecule has 170 valence electrons. The van der Waals surface area contributed by atoms with Crippen LogP contribution in [0.3, 0.4) is 0 Å². The van der Waals surface area contributed by atoms with E-state index in [1.165, 1.54) is 43.8 Å². The number of hydrogen-bond donors (Lipinski definition) is 0. The van der Waals surface area contributed by atoms with Crippen molar-refractivity contribution < 1.29 is 20.8 Å². The van der Waals surface area contributed by atoms with E-state index >= 15 is 0 Å². The molecule has 0 spiro atoms. The standard InChI is InChI=1S/2C13H15.C2H6Si.2ClH.Zr/c2*1-3-10-8-12-7-5-6-11(4-2)13(12)9-10;1-3-2;;;/h2*5-9H,3-4H2,1-2H3;1-2H3;2*1H;/q2*-1;;;;+4/p-2. The molecule has 0 amide bonds. The topological polar surface area (TPSA) is 0 Å². The number of fused-ring (bicyclic) bond motifs is 2. The number of benzene rings is 2. The van der Waals surface area contributed by atoms with Gasteiger partial charge in [-0.2, -0.15) is 12.1 Å². The molecule has 2 radical (unpaired) electrons. The van der Waals surface area contributed by atoms with E-state index in [0.29, 0.717) is 0 Å². The fourth-order valence-corrected chi connectivity index (χ4v) is 3.75. The Hall–Kier alpha value is -0.660. The molecule has 0 aliphatic heterocycles. The maximum atomic E-state index is 4.93. The van der Waals surface area contributed by atoms with Gasteiger partial charge in [-0.3, -0.25) is 0 Å². The summed E-state index contributed by atoms with van der Waals surface area (Å²) in [7, 11) is 11.0. The first kappa shape index (κ1) is 29.4. The van der Waals surface area contributed by atoms with Crippen molar-refractivity contribution in [1.29, 1.82) is 0 Å². The van der Waals surface area contributed by atoms with Crippen LogP contribution in [-0.2, 0) is 46.5 Å².